The zero-order valence-corrected chi connectivity index (χ0v) is 9.79. The average Bonchev–Trinajstić information content (AvgIpc) is 2.33. The molecule has 0 amide bonds. The van der Waals surface area contributed by atoms with E-state index in [1.165, 1.54) is 0 Å². The first-order chi connectivity index (χ1) is 7.66. The standard InChI is InChI=1S/C13H18FNO/c1-13(12(14)7-4-8-15-13)10-5-3-6-11(9-10)16-2/h3,5-6,9,12,15H,4,7-8H2,1-2H3. The van der Waals surface area contributed by atoms with Gasteiger partial charge in [-0.1, -0.05) is 12.1 Å². The molecule has 0 bridgehead atoms. The van der Waals surface area contributed by atoms with Gasteiger partial charge >= 0.3 is 0 Å². The summed E-state index contributed by atoms with van der Waals surface area (Å²) in [6.07, 6.45) is 0.690. The summed E-state index contributed by atoms with van der Waals surface area (Å²) in [5, 5.41) is 3.28. The third kappa shape index (κ3) is 1.92. The fourth-order valence-corrected chi connectivity index (χ4v) is 2.26. The summed E-state index contributed by atoms with van der Waals surface area (Å²) < 4.78 is 19.2. The number of methoxy groups -OCH3 is 1. The minimum atomic E-state index is -0.839. The summed E-state index contributed by atoms with van der Waals surface area (Å²) >= 11 is 0. The lowest BCUT2D eigenvalue weighted by molar-refractivity contribution is 0.121. The lowest BCUT2D eigenvalue weighted by Crippen LogP contribution is -2.51. The minimum absolute atomic E-state index is 0.577. The summed E-state index contributed by atoms with van der Waals surface area (Å²) in [5.41, 5.74) is 0.381. The normalized spacial score (nSPS) is 30.1. The van der Waals surface area contributed by atoms with Crippen molar-refractivity contribution >= 4 is 0 Å². The van der Waals surface area contributed by atoms with Gasteiger partial charge in [0.15, 0.2) is 0 Å². The lowest BCUT2D eigenvalue weighted by atomic mass is 9.82. The van der Waals surface area contributed by atoms with Crippen molar-refractivity contribution in [3.05, 3.63) is 29.8 Å². The van der Waals surface area contributed by atoms with E-state index in [-0.39, 0.29) is 0 Å². The molecule has 0 aromatic heterocycles. The van der Waals surface area contributed by atoms with Crippen molar-refractivity contribution in [2.24, 2.45) is 0 Å². The Hall–Kier alpha value is -1.09. The Bertz CT molecular complexity index is 369. The maximum atomic E-state index is 14.1. The molecule has 1 aromatic carbocycles. The van der Waals surface area contributed by atoms with Gasteiger partial charge in [0, 0.05) is 0 Å². The zero-order chi connectivity index (χ0) is 11.6. The molecule has 2 atom stereocenters. The van der Waals surface area contributed by atoms with E-state index >= 15 is 0 Å². The van der Waals surface area contributed by atoms with Crippen molar-refractivity contribution in [3.8, 4) is 5.75 Å². The number of hydrogen-bond donors (Lipinski definition) is 1. The molecule has 16 heavy (non-hydrogen) atoms. The molecule has 0 spiro atoms. The fraction of sp³-hybridized carbons (Fsp3) is 0.538. The second kappa shape index (κ2) is 4.42. The zero-order valence-electron chi connectivity index (χ0n) is 9.79. The molecule has 1 N–H and O–H groups in total. The van der Waals surface area contributed by atoms with Crippen LogP contribution in [0.2, 0.25) is 0 Å². The van der Waals surface area contributed by atoms with Gasteiger partial charge in [0.25, 0.3) is 0 Å². The first-order valence-corrected chi connectivity index (χ1v) is 5.70. The van der Waals surface area contributed by atoms with Gasteiger partial charge in [-0.05, 0) is 44.0 Å². The Morgan fingerprint density at radius 2 is 2.31 bits per heavy atom. The highest BCUT2D eigenvalue weighted by atomic mass is 19.1. The molecule has 1 heterocycles. The highest BCUT2D eigenvalue weighted by molar-refractivity contribution is 5.34. The van der Waals surface area contributed by atoms with Crippen LogP contribution in [0.4, 0.5) is 4.39 Å². The van der Waals surface area contributed by atoms with Crippen LogP contribution in [0.1, 0.15) is 25.3 Å². The predicted molar refractivity (Wildman–Crippen MR) is 62.5 cm³/mol. The number of ether oxygens (including phenoxy) is 1. The molecule has 1 aromatic rings. The molecule has 88 valence electrons. The summed E-state index contributed by atoms with van der Waals surface area (Å²) in [7, 11) is 1.63. The van der Waals surface area contributed by atoms with Crippen molar-refractivity contribution in [2.75, 3.05) is 13.7 Å². The third-order valence-electron chi connectivity index (χ3n) is 3.42. The van der Waals surface area contributed by atoms with Crippen molar-refractivity contribution in [1.82, 2.24) is 5.32 Å². The van der Waals surface area contributed by atoms with Crippen LogP contribution in [0, 0.1) is 0 Å². The van der Waals surface area contributed by atoms with Gasteiger partial charge in [0.1, 0.15) is 11.9 Å². The number of hydrogen-bond acceptors (Lipinski definition) is 2. The van der Waals surface area contributed by atoms with Gasteiger partial charge in [0.05, 0.1) is 12.6 Å². The molecular formula is C13H18FNO. The molecule has 1 aliphatic rings. The smallest absolute Gasteiger partial charge is 0.122 e. The minimum Gasteiger partial charge on any atom is -0.497 e. The van der Waals surface area contributed by atoms with Crippen LogP contribution in [0.5, 0.6) is 5.75 Å². The van der Waals surface area contributed by atoms with Crippen LogP contribution in [-0.2, 0) is 5.54 Å². The Kier molecular flexibility index (Phi) is 3.15. The van der Waals surface area contributed by atoms with Gasteiger partial charge in [-0.15, -0.1) is 0 Å². The van der Waals surface area contributed by atoms with Crippen molar-refractivity contribution in [1.29, 1.82) is 0 Å². The maximum Gasteiger partial charge on any atom is 0.122 e. The Morgan fingerprint density at radius 3 is 3.00 bits per heavy atom. The third-order valence-corrected chi connectivity index (χ3v) is 3.42. The van der Waals surface area contributed by atoms with Crippen LogP contribution >= 0.6 is 0 Å². The van der Waals surface area contributed by atoms with Crippen LogP contribution < -0.4 is 10.1 Å². The van der Waals surface area contributed by atoms with Gasteiger partial charge in [-0.2, -0.15) is 0 Å². The SMILES string of the molecule is COc1cccc(C2(C)NCCCC2F)c1. The topological polar surface area (TPSA) is 21.3 Å². The highest BCUT2D eigenvalue weighted by Crippen LogP contribution is 2.33. The fourth-order valence-electron chi connectivity index (χ4n) is 2.26. The summed E-state index contributed by atoms with van der Waals surface area (Å²) in [5.74, 6) is 0.776. The number of halogens is 1. The van der Waals surface area contributed by atoms with Crippen LogP contribution in [0.15, 0.2) is 24.3 Å². The molecule has 2 nitrogen and oxygen atoms in total. The van der Waals surface area contributed by atoms with Gasteiger partial charge in [-0.25, -0.2) is 4.39 Å². The van der Waals surface area contributed by atoms with Crippen LogP contribution in [0.25, 0.3) is 0 Å². The van der Waals surface area contributed by atoms with Gasteiger partial charge in [0.2, 0.25) is 0 Å². The number of alkyl halides is 1. The average molecular weight is 223 g/mol. The van der Waals surface area contributed by atoms with E-state index in [1.807, 2.05) is 31.2 Å². The van der Waals surface area contributed by atoms with E-state index in [9.17, 15) is 4.39 Å². The van der Waals surface area contributed by atoms with E-state index in [0.717, 1.165) is 24.3 Å². The second-order valence-electron chi connectivity index (χ2n) is 4.47. The van der Waals surface area contributed by atoms with Crippen LogP contribution in [0.3, 0.4) is 0 Å². The van der Waals surface area contributed by atoms with E-state index in [0.29, 0.717) is 6.42 Å². The molecule has 0 saturated carbocycles. The van der Waals surface area contributed by atoms with Crippen molar-refractivity contribution < 1.29 is 9.13 Å². The second-order valence-corrected chi connectivity index (χ2v) is 4.47. The van der Waals surface area contributed by atoms with Crippen LogP contribution in [-0.4, -0.2) is 19.8 Å². The molecule has 0 aliphatic carbocycles. The van der Waals surface area contributed by atoms with Crippen molar-refractivity contribution in [2.45, 2.75) is 31.5 Å². The quantitative estimate of drug-likeness (QED) is 0.832. The molecule has 1 saturated heterocycles. The maximum absolute atomic E-state index is 14.1. The molecule has 2 unspecified atom stereocenters. The predicted octanol–water partition coefficient (Wildman–Crippen LogP) is 2.63. The number of rotatable bonds is 2. The molecule has 1 aliphatic heterocycles. The summed E-state index contributed by atoms with van der Waals surface area (Å²) in [6.45, 7) is 2.79. The van der Waals surface area contributed by atoms with Gasteiger partial charge in [-0.3, -0.25) is 0 Å². The van der Waals surface area contributed by atoms with E-state index < -0.39 is 11.7 Å². The first kappa shape index (κ1) is 11.4. The Labute approximate surface area is 95.8 Å². The molecule has 3 heteroatoms. The van der Waals surface area contributed by atoms with E-state index in [2.05, 4.69) is 5.32 Å². The first-order valence-electron chi connectivity index (χ1n) is 5.70. The van der Waals surface area contributed by atoms with E-state index in [1.54, 1.807) is 7.11 Å². The van der Waals surface area contributed by atoms with Crippen molar-refractivity contribution in [3.63, 3.8) is 0 Å². The molecular weight excluding hydrogens is 205 g/mol. The number of piperidine rings is 1. The Balaban J connectivity index is 2.33. The molecule has 1 fully saturated rings. The Morgan fingerprint density at radius 1 is 1.50 bits per heavy atom. The largest absolute Gasteiger partial charge is 0.497 e. The molecule has 2 rings (SSSR count). The monoisotopic (exact) mass is 223 g/mol. The summed E-state index contributed by atoms with van der Waals surface area (Å²) in [4.78, 5) is 0. The molecule has 0 radical (unpaired) electrons. The van der Waals surface area contributed by atoms with Gasteiger partial charge < -0.3 is 10.1 Å². The number of benzene rings is 1. The highest BCUT2D eigenvalue weighted by Gasteiger charge is 2.38. The van der Waals surface area contributed by atoms with E-state index in [4.69, 9.17) is 4.74 Å². The lowest BCUT2D eigenvalue weighted by Gasteiger charge is -2.38. The number of nitrogens with one attached hydrogen (secondary N) is 1. The summed E-state index contributed by atoms with van der Waals surface area (Å²) in [6, 6.07) is 7.64.